The number of nitrogens with one attached hydrogen (secondary N) is 2. The summed E-state index contributed by atoms with van der Waals surface area (Å²) in [6, 6.07) is 38.4. The maximum atomic E-state index is 14.9. The van der Waals surface area contributed by atoms with Gasteiger partial charge < -0.3 is 28.8 Å². The Morgan fingerprint density at radius 3 is 1.56 bits per heavy atom. The van der Waals surface area contributed by atoms with Crippen LogP contribution < -0.4 is 35.9 Å². The molecule has 0 saturated carbocycles. The number of amides is 2. The molecule has 362 valence electrons. The number of carbonyl (C=O) groups is 2. The van der Waals surface area contributed by atoms with Gasteiger partial charge in [-0.3, -0.25) is 19.4 Å². The molecule has 3 aliphatic heterocycles. The molecular formula is C55H50BBrF2N4O8. The number of H-pyrrole nitrogens is 2. The Bertz CT molecular complexity index is 3420. The van der Waals surface area contributed by atoms with Crippen LogP contribution in [0, 0.1) is 11.6 Å². The van der Waals surface area contributed by atoms with E-state index in [1.807, 2.05) is 94.4 Å². The summed E-state index contributed by atoms with van der Waals surface area (Å²) in [5.41, 5.74) is 3.60. The van der Waals surface area contributed by atoms with Gasteiger partial charge in [-0.2, -0.15) is 0 Å². The molecule has 1 saturated heterocycles. The number of pyridine rings is 2. The first-order valence-corrected chi connectivity index (χ1v) is 23.3. The van der Waals surface area contributed by atoms with E-state index in [0.29, 0.717) is 40.4 Å². The lowest BCUT2D eigenvalue weighted by molar-refractivity contribution is 0.00578. The molecule has 8 aromatic rings. The van der Waals surface area contributed by atoms with Gasteiger partial charge in [-0.15, -0.1) is 0 Å². The van der Waals surface area contributed by atoms with Gasteiger partial charge in [0.2, 0.25) is 0 Å². The second-order valence-electron chi connectivity index (χ2n) is 17.8. The van der Waals surface area contributed by atoms with E-state index in [9.17, 15) is 28.0 Å². The first kappa shape index (κ1) is 50.0. The second-order valence-corrected chi connectivity index (χ2v) is 18.7. The second kappa shape index (κ2) is 20.5. The van der Waals surface area contributed by atoms with E-state index in [4.69, 9.17) is 18.8 Å². The minimum atomic E-state index is -0.805. The van der Waals surface area contributed by atoms with Gasteiger partial charge in [0.25, 0.3) is 11.1 Å². The SMILES string of the molecule is C.CC1(C)OB(c2ccc(OC(=O)N3CCc4ccccc43)cc2F)OC1(C)C.O=C(Oc1ccc(-c2c[nH]c(=O)c3ccccc23)c(F)c1)N1CCc2ccccc21.O=c1[nH]cc(Br)c2ccccc12. The number of carbonyl (C=O) groups excluding carboxylic acids is 2. The molecule has 0 aliphatic carbocycles. The molecule has 71 heavy (non-hydrogen) atoms. The number of anilines is 2. The largest absolute Gasteiger partial charge is 0.497 e. The molecule has 0 radical (unpaired) electrons. The standard InChI is InChI=1S/C24H17FN2O3.C21H23BFNO4.C9H6BrNO.CH4/c25-21-13-16(30-24(29)27-12-11-15-5-1-4-8-22(15)27)9-10-18(21)20-14-26-23(28)19-7-3-2-6-17(19)20;1-20(2)21(3,4)28-22(27-20)16-10-9-15(13-17(16)23)26-19(25)24-12-11-14-7-5-6-8-18(14)24;10-8-5-11-9(12)7-4-2-1-3-6(7)8;/h1-10,13-14H,11-12H2,(H,26,28);5-10,13H,11-12H2,1-4H3;1-5H,(H,11,12);1H4. The van der Waals surface area contributed by atoms with Crippen molar-refractivity contribution in [3.63, 3.8) is 0 Å². The Hall–Kier alpha value is -7.40. The van der Waals surface area contributed by atoms with Crippen molar-refractivity contribution in [2.75, 3.05) is 22.9 Å². The number of halogens is 3. The van der Waals surface area contributed by atoms with E-state index in [2.05, 4.69) is 25.9 Å². The summed E-state index contributed by atoms with van der Waals surface area (Å²) in [7, 11) is -0.805. The number of fused-ring (bicyclic) bond motifs is 4. The zero-order chi connectivity index (χ0) is 49.3. The van der Waals surface area contributed by atoms with Gasteiger partial charge in [-0.1, -0.05) is 86.3 Å². The highest BCUT2D eigenvalue weighted by atomic mass is 79.9. The molecule has 5 heterocycles. The van der Waals surface area contributed by atoms with Crippen molar-refractivity contribution < 1.29 is 37.2 Å². The van der Waals surface area contributed by atoms with Crippen molar-refractivity contribution in [3.05, 3.63) is 194 Å². The smallest absolute Gasteiger partial charge is 0.410 e. The van der Waals surface area contributed by atoms with Crippen molar-refractivity contribution in [1.29, 1.82) is 0 Å². The zero-order valence-corrected chi connectivity index (χ0v) is 40.1. The lowest BCUT2D eigenvalue weighted by Gasteiger charge is -2.32. The van der Waals surface area contributed by atoms with Gasteiger partial charge in [0, 0.05) is 74.8 Å². The molecule has 0 atom stereocenters. The van der Waals surface area contributed by atoms with Crippen LogP contribution in [0.2, 0.25) is 0 Å². The highest BCUT2D eigenvalue weighted by molar-refractivity contribution is 9.10. The third-order valence-corrected chi connectivity index (χ3v) is 13.6. The highest BCUT2D eigenvalue weighted by Crippen LogP contribution is 2.37. The number of hydrogen-bond donors (Lipinski definition) is 2. The van der Waals surface area contributed by atoms with Gasteiger partial charge in [-0.05, 0) is 115 Å². The van der Waals surface area contributed by atoms with E-state index >= 15 is 0 Å². The number of aromatic nitrogens is 2. The van der Waals surface area contributed by atoms with E-state index in [0.717, 1.165) is 45.2 Å². The topological polar surface area (TPSA) is 143 Å². The third kappa shape index (κ3) is 10.3. The van der Waals surface area contributed by atoms with Crippen molar-refractivity contribution in [3.8, 4) is 22.6 Å². The molecule has 16 heteroatoms. The van der Waals surface area contributed by atoms with Crippen LogP contribution in [0.3, 0.4) is 0 Å². The van der Waals surface area contributed by atoms with Crippen LogP contribution in [-0.4, -0.2) is 53.6 Å². The molecule has 1 fully saturated rings. The fraction of sp³-hybridized carbons (Fsp3) is 0.200. The van der Waals surface area contributed by atoms with Gasteiger partial charge >= 0.3 is 19.3 Å². The van der Waals surface area contributed by atoms with Crippen LogP contribution in [0.5, 0.6) is 11.5 Å². The molecule has 12 nitrogen and oxygen atoms in total. The lowest BCUT2D eigenvalue weighted by atomic mass is 9.78. The van der Waals surface area contributed by atoms with Crippen LogP contribution in [0.4, 0.5) is 29.7 Å². The quantitative estimate of drug-likeness (QED) is 0.166. The molecule has 11 rings (SSSR count). The van der Waals surface area contributed by atoms with Crippen molar-refractivity contribution in [1.82, 2.24) is 9.97 Å². The van der Waals surface area contributed by atoms with Gasteiger partial charge in [0.05, 0.1) is 22.6 Å². The molecule has 2 amide bonds. The van der Waals surface area contributed by atoms with Crippen LogP contribution >= 0.6 is 15.9 Å². The molecule has 2 N–H and O–H groups in total. The van der Waals surface area contributed by atoms with Crippen molar-refractivity contribution in [2.45, 2.75) is 59.2 Å². The molecule has 2 aromatic heterocycles. The first-order valence-electron chi connectivity index (χ1n) is 22.5. The van der Waals surface area contributed by atoms with Crippen molar-refractivity contribution in [2.24, 2.45) is 0 Å². The zero-order valence-electron chi connectivity index (χ0n) is 38.6. The molecule has 3 aliphatic rings. The molecule has 0 spiro atoms. The fourth-order valence-electron chi connectivity index (χ4n) is 8.48. The minimum Gasteiger partial charge on any atom is -0.410 e. The molecule has 0 unspecified atom stereocenters. The average Bonchev–Trinajstić information content (AvgIpc) is 4.04. The maximum Gasteiger partial charge on any atom is 0.497 e. The Morgan fingerprint density at radius 2 is 1.04 bits per heavy atom. The number of nitrogens with zero attached hydrogens (tertiary/aromatic N) is 2. The summed E-state index contributed by atoms with van der Waals surface area (Å²) in [4.78, 5) is 56.8. The molecule has 0 bridgehead atoms. The van der Waals surface area contributed by atoms with Gasteiger partial charge in [0.15, 0.2) is 0 Å². The fourth-order valence-corrected chi connectivity index (χ4v) is 8.94. The third-order valence-electron chi connectivity index (χ3n) is 12.9. The first-order chi connectivity index (χ1) is 33.6. The van der Waals surface area contributed by atoms with Gasteiger partial charge in [0.1, 0.15) is 23.1 Å². The van der Waals surface area contributed by atoms with E-state index < -0.39 is 42.1 Å². The lowest BCUT2D eigenvalue weighted by Crippen LogP contribution is -2.41. The summed E-state index contributed by atoms with van der Waals surface area (Å²) < 4.78 is 53.2. The Labute approximate surface area is 417 Å². The monoisotopic (exact) mass is 1020 g/mol. The summed E-state index contributed by atoms with van der Waals surface area (Å²) in [5, 5.41) is 2.80. The summed E-state index contributed by atoms with van der Waals surface area (Å²) in [5.74, 6) is -0.809. The highest BCUT2D eigenvalue weighted by Gasteiger charge is 2.52. The molecular weight excluding hydrogens is 973 g/mol. The summed E-state index contributed by atoms with van der Waals surface area (Å²) in [6.45, 7) is 8.72. The number of benzene rings is 6. The van der Waals surface area contributed by atoms with E-state index in [-0.39, 0.29) is 35.5 Å². The minimum absolute atomic E-state index is 0. The Balaban J connectivity index is 0.000000153. The van der Waals surface area contributed by atoms with Crippen LogP contribution in [-0.2, 0) is 22.2 Å². The van der Waals surface area contributed by atoms with Crippen LogP contribution in [0.25, 0.3) is 32.7 Å². The Morgan fingerprint density at radius 1 is 0.592 bits per heavy atom. The molecule has 6 aromatic carbocycles. The summed E-state index contributed by atoms with van der Waals surface area (Å²) >= 11 is 3.36. The number of aromatic amines is 2. The Kier molecular flexibility index (Phi) is 14.5. The normalized spacial score (nSPS) is 14.9. The number of para-hydroxylation sites is 2. The number of rotatable bonds is 4. The predicted molar refractivity (Wildman–Crippen MR) is 278 cm³/mol. The van der Waals surface area contributed by atoms with Crippen molar-refractivity contribution >= 4 is 73.6 Å². The number of hydrogen-bond acceptors (Lipinski definition) is 8. The van der Waals surface area contributed by atoms with Gasteiger partial charge in [-0.25, -0.2) is 18.4 Å². The van der Waals surface area contributed by atoms with Crippen LogP contribution in [0.15, 0.2) is 160 Å². The maximum absolute atomic E-state index is 14.9. The van der Waals surface area contributed by atoms with E-state index in [1.54, 1.807) is 64.5 Å². The van der Waals surface area contributed by atoms with Crippen LogP contribution in [0.1, 0.15) is 46.2 Å². The van der Waals surface area contributed by atoms with E-state index in [1.165, 1.54) is 24.4 Å². The number of ether oxygens (including phenoxy) is 2. The summed E-state index contributed by atoms with van der Waals surface area (Å²) in [6.07, 6.45) is 3.63. The average molecular weight is 1020 g/mol. The predicted octanol–water partition coefficient (Wildman–Crippen LogP) is 11.5.